The monoisotopic (exact) mass is 258 g/mol. The zero-order valence-electron chi connectivity index (χ0n) is 12.4. The van der Waals surface area contributed by atoms with E-state index in [2.05, 4.69) is 39.0 Å². The van der Waals surface area contributed by atoms with E-state index >= 15 is 0 Å². The van der Waals surface area contributed by atoms with Crippen LogP contribution in [0.5, 0.6) is 0 Å². The molecule has 3 rings (SSSR count). The van der Waals surface area contributed by atoms with Gasteiger partial charge in [0.2, 0.25) is 0 Å². The van der Waals surface area contributed by atoms with Crippen LogP contribution in [0.3, 0.4) is 0 Å². The molecule has 3 aliphatic carbocycles. The molecule has 5 atom stereocenters. The van der Waals surface area contributed by atoms with Gasteiger partial charge in [-0.15, -0.1) is 0 Å². The van der Waals surface area contributed by atoms with Gasteiger partial charge in [0.1, 0.15) is 5.78 Å². The first-order valence-corrected chi connectivity index (χ1v) is 8.00. The Morgan fingerprint density at radius 1 is 1.21 bits per heavy atom. The van der Waals surface area contributed by atoms with Crippen molar-refractivity contribution in [2.45, 2.75) is 46.5 Å². The van der Waals surface area contributed by atoms with Crippen molar-refractivity contribution in [1.82, 2.24) is 0 Å². The fraction of sp³-hybridized carbons (Fsp3) is 0.722. The van der Waals surface area contributed by atoms with E-state index in [-0.39, 0.29) is 5.92 Å². The third-order valence-corrected chi connectivity index (χ3v) is 5.69. The molecule has 1 fully saturated rings. The number of hydrogen-bond donors (Lipinski definition) is 0. The second-order valence-electron chi connectivity index (χ2n) is 7.10. The maximum absolute atomic E-state index is 12.4. The maximum Gasteiger partial charge on any atom is 0.140 e. The van der Waals surface area contributed by atoms with Gasteiger partial charge in [0.25, 0.3) is 0 Å². The summed E-state index contributed by atoms with van der Waals surface area (Å²) in [4.78, 5) is 12.4. The van der Waals surface area contributed by atoms with Crippen LogP contribution in [0.4, 0.5) is 0 Å². The Morgan fingerprint density at radius 2 is 2.00 bits per heavy atom. The van der Waals surface area contributed by atoms with E-state index < -0.39 is 0 Å². The van der Waals surface area contributed by atoms with Crippen LogP contribution in [-0.2, 0) is 4.79 Å². The second kappa shape index (κ2) is 4.92. The Bertz CT molecular complexity index is 429. The zero-order valence-corrected chi connectivity index (χ0v) is 12.4. The number of rotatable bonds is 1. The van der Waals surface area contributed by atoms with E-state index in [0.717, 1.165) is 12.8 Å². The Morgan fingerprint density at radius 3 is 2.74 bits per heavy atom. The zero-order chi connectivity index (χ0) is 13.6. The van der Waals surface area contributed by atoms with Crippen molar-refractivity contribution in [1.29, 1.82) is 0 Å². The van der Waals surface area contributed by atoms with Crippen molar-refractivity contribution in [3.63, 3.8) is 0 Å². The van der Waals surface area contributed by atoms with Gasteiger partial charge >= 0.3 is 0 Å². The van der Waals surface area contributed by atoms with Gasteiger partial charge in [-0.05, 0) is 48.9 Å². The quantitative estimate of drug-likeness (QED) is 0.637. The lowest BCUT2D eigenvalue weighted by molar-refractivity contribution is -0.126. The number of Topliss-reactive ketones (excluding diaryl/α,β-unsaturated/α-hetero) is 1. The Labute approximate surface area is 117 Å². The molecule has 0 aliphatic heterocycles. The van der Waals surface area contributed by atoms with Gasteiger partial charge in [-0.3, -0.25) is 4.79 Å². The van der Waals surface area contributed by atoms with E-state index in [1.165, 1.54) is 18.4 Å². The summed E-state index contributed by atoms with van der Waals surface area (Å²) in [5.41, 5.74) is 1.52. The van der Waals surface area contributed by atoms with Gasteiger partial charge in [0.05, 0.1) is 0 Å². The molecule has 0 unspecified atom stereocenters. The molecule has 1 saturated carbocycles. The van der Waals surface area contributed by atoms with Gasteiger partial charge in [-0.1, -0.05) is 44.6 Å². The summed E-state index contributed by atoms with van der Waals surface area (Å²) in [6, 6.07) is 0. The summed E-state index contributed by atoms with van der Waals surface area (Å²) in [5, 5.41) is 0. The third kappa shape index (κ3) is 2.11. The number of carbonyl (C=O) groups is 1. The number of hydrogen-bond acceptors (Lipinski definition) is 1. The van der Waals surface area contributed by atoms with Crippen molar-refractivity contribution in [3.8, 4) is 0 Å². The second-order valence-corrected chi connectivity index (χ2v) is 7.10. The van der Waals surface area contributed by atoms with E-state index in [4.69, 9.17) is 0 Å². The molecule has 0 aromatic heterocycles. The highest BCUT2D eigenvalue weighted by atomic mass is 16.1. The van der Waals surface area contributed by atoms with Crippen molar-refractivity contribution >= 4 is 5.78 Å². The Balaban J connectivity index is 2.07. The fourth-order valence-electron chi connectivity index (χ4n) is 4.66. The predicted molar refractivity (Wildman–Crippen MR) is 78.7 cm³/mol. The minimum Gasteiger partial charge on any atom is -0.299 e. The molecule has 0 spiro atoms. The summed E-state index contributed by atoms with van der Waals surface area (Å²) >= 11 is 0. The number of allylic oxidation sites excluding steroid dienone is 4. The lowest BCUT2D eigenvalue weighted by atomic mass is 9.58. The molecule has 4 bridgehead atoms. The molecule has 0 aromatic rings. The first-order chi connectivity index (χ1) is 9.09. The minimum absolute atomic E-state index is 0.258. The molecular weight excluding hydrogens is 232 g/mol. The van der Waals surface area contributed by atoms with Gasteiger partial charge < -0.3 is 0 Å². The lowest BCUT2D eigenvalue weighted by Gasteiger charge is -2.45. The fourth-order valence-corrected chi connectivity index (χ4v) is 4.66. The van der Waals surface area contributed by atoms with Crippen molar-refractivity contribution in [3.05, 3.63) is 23.8 Å². The first kappa shape index (κ1) is 13.1. The molecule has 104 valence electrons. The minimum atomic E-state index is 0.258. The van der Waals surface area contributed by atoms with Crippen LogP contribution in [0.1, 0.15) is 46.5 Å². The molecule has 0 saturated heterocycles. The normalized spacial score (nSPS) is 43.5. The molecule has 0 radical (unpaired) electrons. The van der Waals surface area contributed by atoms with Gasteiger partial charge in [0.15, 0.2) is 0 Å². The maximum atomic E-state index is 12.4. The highest BCUT2D eigenvalue weighted by Gasteiger charge is 2.44. The predicted octanol–water partition coefficient (Wildman–Crippen LogP) is 4.40. The standard InChI is InChI=1S/C18H26O/c1-11(2)13-8-7-12(3)14-5-4-6-16-15(13)9-10-17(19)18(14)16/h6-8,11-15,18H,4-5,9-10H2,1-3H3/b8-7-/t12-,13-,14+,15-,18-/m1/s1. The Kier molecular flexibility index (Phi) is 3.41. The van der Waals surface area contributed by atoms with Crippen LogP contribution >= 0.6 is 0 Å². The van der Waals surface area contributed by atoms with E-state index in [1.807, 2.05) is 0 Å². The molecular formula is C18H26O. The van der Waals surface area contributed by atoms with Gasteiger partial charge in [0, 0.05) is 12.3 Å². The van der Waals surface area contributed by atoms with Crippen LogP contribution in [-0.4, -0.2) is 5.78 Å². The highest BCUT2D eigenvalue weighted by molar-refractivity contribution is 5.85. The van der Waals surface area contributed by atoms with Crippen LogP contribution in [0, 0.1) is 35.5 Å². The van der Waals surface area contributed by atoms with Gasteiger partial charge in [-0.25, -0.2) is 0 Å². The van der Waals surface area contributed by atoms with Crippen LogP contribution in [0.15, 0.2) is 23.8 Å². The Hall–Kier alpha value is -0.850. The average Bonchev–Trinajstić information content (AvgIpc) is 2.39. The van der Waals surface area contributed by atoms with Crippen LogP contribution < -0.4 is 0 Å². The summed E-state index contributed by atoms with van der Waals surface area (Å²) in [5.74, 6) is 3.84. The lowest BCUT2D eigenvalue weighted by Crippen LogP contribution is -2.41. The molecule has 1 nitrogen and oxygen atoms in total. The molecule has 1 heteroatoms. The average molecular weight is 258 g/mol. The van der Waals surface area contributed by atoms with E-state index in [9.17, 15) is 4.79 Å². The van der Waals surface area contributed by atoms with Gasteiger partial charge in [-0.2, -0.15) is 0 Å². The number of carbonyl (C=O) groups excluding carboxylic acids is 1. The molecule has 0 N–H and O–H groups in total. The molecule has 3 aliphatic rings. The number of ketones is 1. The first-order valence-electron chi connectivity index (χ1n) is 8.00. The molecule has 0 aromatic carbocycles. The highest BCUT2D eigenvalue weighted by Crippen LogP contribution is 2.49. The topological polar surface area (TPSA) is 17.1 Å². The summed E-state index contributed by atoms with van der Waals surface area (Å²) in [6.07, 6.45) is 11.6. The largest absolute Gasteiger partial charge is 0.299 e. The summed E-state index contributed by atoms with van der Waals surface area (Å²) in [7, 11) is 0. The van der Waals surface area contributed by atoms with E-state index in [1.54, 1.807) is 0 Å². The van der Waals surface area contributed by atoms with Crippen molar-refractivity contribution in [2.75, 3.05) is 0 Å². The van der Waals surface area contributed by atoms with E-state index in [0.29, 0.717) is 35.4 Å². The SMILES string of the molecule is CC(C)[C@H]1/C=C\[C@@H](C)[C@@H]2CCC=C3[C@@H]2C(=O)CC[C@@H]31. The van der Waals surface area contributed by atoms with Crippen molar-refractivity contribution < 1.29 is 4.79 Å². The molecule has 0 heterocycles. The summed E-state index contributed by atoms with van der Waals surface area (Å²) < 4.78 is 0. The van der Waals surface area contributed by atoms with Crippen LogP contribution in [0.25, 0.3) is 0 Å². The molecule has 19 heavy (non-hydrogen) atoms. The van der Waals surface area contributed by atoms with Crippen LogP contribution in [0.2, 0.25) is 0 Å². The van der Waals surface area contributed by atoms with Crippen molar-refractivity contribution in [2.24, 2.45) is 35.5 Å². The summed E-state index contributed by atoms with van der Waals surface area (Å²) in [6.45, 7) is 6.96. The smallest absolute Gasteiger partial charge is 0.140 e. The third-order valence-electron chi connectivity index (χ3n) is 5.69. The molecule has 0 amide bonds.